The van der Waals surface area contributed by atoms with Crippen molar-refractivity contribution in [1.29, 1.82) is 0 Å². The molecular weight excluding hydrogens is 264 g/mol. The summed E-state index contributed by atoms with van der Waals surface area (Å²) in [5.74, 6) is 1.11. The maximum Gasteiger partial charge on any atom is 0.124 e. The summed E-state index contributed by atoms with van der Waals surface area (Å²) in [6, 6.07) is 13.6. The van der Waals surface area contributed by atoms with Crippen LogP contribution < -0.4 is 15.6 Å². The molecule has 1 heterocycles. The summed E-state index contributed by atoms with van der Waals surface area (Å²) >= 11 is 0. The predicted octanol–water partition coefficient (Wildman–Crippen LogP) is 2.90. The molecule has 0 fully saturated rings. The number of benzene rings is 2. The molecule has 0 saturated heterocycles. The van der Waals surface area contributed by atoms with E-state index < -0.39 is 0 Å². The van der Waals surface area contributed by atoms with E-state index >= 15 is 0 Å². The molecule has 1 aliphatic rings. The standard InChI is InChI=1S/C17H18N2O2/c1-11-3-8-17(20)14(9-11)16-10-15(18-19-16)12-4-6-13(21-2)7-5-12/h3-10,15,18-20H,1-2H3/t15-/m1/s1. The fraction of sp³-hybridized carbons (Fsp3) is 0.176. The second-order valence-corrected chi connectivity index (χ2v) is 5.12. The lowest BCUT2D eigenvalue weighted by atomic mass is 10.0. The highest BCUT2D eigenvalue weighted by atomic mass is 16.5. The fourth-order valence-corrected chi connectivity index (χ4v) is 2.42. The summed E-state index contributed by atoms with van der Waals surface area (Å²) < 4.78 is 5.17. The van der Waals surface area contributed by atoms with E-state index in [0.29, 0.717) is 0 Å². The Balaban J connectivity index is 1.87. The number of nitrogens with one attached hydrogen (secondary N) is 2. The van der Waals surface area contributed by atoms with Crippen molar-refractivity contribution in [3.8, 4) is 11.5 Å². The first-order chi connectivity index (χ1) is 10.2. The number of phenols is 1. The van der Waals surface area contributed by atoms with Crippen LogP contribution in [0.4, 0.5) is 0 Å². The van der Waals surface area contributed by atoms with Crippen molar-refractivity contribution in [2.24, 2.45) is 0 Å². The zero-order valence-corrected chi connectivity index (χ0v) is 12.1. The maximum absolute atomic E-state index is 10.00. The molecule has 4 heteroatoms. The topological polar surface area (TPSA) is 53.5 Å². The molecule has 0 aliphatic carbocycles. The molecule has 21 heavy (non-hydrogen) atoms. The normalized spacial score (nSPS) is 17.2. The molecule has 0 radical (unpaired) electrons. The van der Waals surface area contributed by atoms with Crippen molar-refractivity contribution in [3.63, 3.8) is 0 Å². The zero-order valence-electron chi connectivity index (χ0n) is 12.1. The van der Waals surface area contributed by atoms with Crippen LogP contribution in [0.1, 0.15) is 22.7 Å². The van der Waals surface area contributed by atoms with Gasteiger partial charge in [0.25, 0.3) is 0 Å². The molecule has 4 nitrogen and oxygen atoms in total. The molecule has 0 bridgehead atoms. The lowest BCUT2D eigenvalue weighted by Gasteiger charge is -2.10. The second-order valence-electron chi connectivity index (χ2n) is 5.12. The zero-order chi connectivity index (χ0) is 14.8. The van der Waals surface area contributed by atoms with Gasteiger partial charge in [-0.05, 0) is 42.8 Å². The van der Waals surface area contributed by atoms with E-state index in [1.165, 1.54) is 0 Å². The van der Waals surface area contributed by atoms with E-state index in [1.54, 1.807) is 13.2 Å². The molecule has 0 spiro atoms. The summed E-state index contributed by atoms with van der Waals surface area (Å²) in [4.78, 5) is 0. The van der Waals surface area contributed by atoms with Gasteiger partial charge in [0.1, 0.15) is 11.5 Å². The Morgan fingerprint density at radius 3 is 2.57 bits per heavy atom. The van der Waals surface area contributed by atoms with Gasteiger partial charge in [0, 0.05) is 5.56 Å². The molecule has 0 aromatic heterocycles. The Labute approximate surface area is 124 Å². The highest BCUT2D eigenvalue weighted by molar-refractivity contribution is 5.71. The van der Waals surface area contributed by atoms with Crippen molar-refractivity contribution in [1.82, 2.24) is 10.9 Å². The molecule has 3 rings (SSSR count). The number of hydrazine groups is 1. The number of phenolic OH excluding ortho intramolecular Hbond substituents is 1. The lowest BCUT2D eigenvalue weighted by molar-refractivity contribution is 0.414. The van der Waals surface area contributed by atoms with Crippen LogP contribution in [0.15, 0.2) is 48.5 Å². The Morgan fingerprint density at radius 2 is 1.86 bits per heavy atom. The lowest BCUT2D eigenvalue weighted by Crippen LogP contribution is -2.26. The molecule has 3 N–H and O–H groups in total. The van der Waals surface area contributed by atoms with E-state index in [1.807, 2.05) is 43.3 Å². The van der Waals surface area contributed by atoms with Crippen LogP contribution in [0.2, 0.25) is 0 Å². The number of hydrogen-bond acceptors (Lipinski definition) is 4. The van der Waals surface area contributed by atoms with Gasteiger partial charge in [-0.1, -0.05) is 23.8 Å². The van der Waals surface area contributed by atoms with E-state index in [0.717, 1.165) is 28.1 Å². The summed E-state index contributed by atoms with van der Waals surface area (Å²) in [5.41, 5.74) is 10.3. The average Bonchev–Trinajstić information content (AvgIpc) is 2.99. The van der Waals surface area contributed by atoms with Gasteiger partial charge in [-0.15, -0.1) is 0 Å². The molecule has 0 saturated carbocycles. The molecule has 2 aromatic carbocycles. The first-order valence-corrected chi connectivity index (χ1v) is 6.84. The number of methoxy groups -OCH3 is 1. The van der Waals surface area contributed by atoms with Gasteiger partial charge in [-0.3, -0.25) is 0 Å². The third kappa shape index (κ3) is 2.71. The van der Waals surface area contributed by atoms with Crippen LogP contribution in [0, 0.1) is 6.92 Å². The molecule has 2 aromatic rings. The Morgan fingerprint density at radius 1 is 1.10 bits per heavy atom. The molecule has 108 valence electrons. The first kappa shape index (κ1) is 13.5. The molecular formula is C17H18N2O2. The summed E-state index contributed by atoms with van der Waals surface area (Å²) in [5, 5.41) is 10.00. The van der Waals surface area contributed by atoms with Gasteiger partial charge in [-0.2, -0.15) is 0 Å². The van der Waals surface area contributed by atoms with Gasteiger partial charge < -0.3 is 15.3 Å². The van der Waals surface area contributed by atoms with Crippen molar-refractivity contribution >= 4 is 5.70 Å². The summed E-state index contributed by atoms with van der Waals surface area (Å²) in [7, 11) is 1.66. The first-order valence-electron chi connectivity index (χ1n) is 6.84. The van der Waals surface area contributed by atoms with Crippen LogP contribution in [-0.4, -0.2) is 12.2 Å². The van der Waals surface area contributed by atoms with Crippen molar-refractivity contribution in [2.75, 3.05) is 7.11 Å². The van der Waals surface area contributed by atoms with Gasteiger partial charge in [0.05, 0.1) is 18.8 Å². The van der Waals surface area contributed by atoms with Gasteiger partial charge in [-0.25, -0.2) is 5.43 Å². The maximum atomic E-state index is 10.00. The Hall–Kier alpha value is -2.46. The van der Waals surface area contributed by atoms with Crippen LogP contribution in [0.25, 0.3) is 5.70 Å². The van der Waals surface area contributed by atoms with Gasteiger partial charge in [0.2, 0.25) is 0 Å². The molecule has 1 aliphatic heterocycles. The van der Waals surface area contributed by atoms with Crippen LogP contribution in [-0.2, 0) is 0 Å². The quantitative estimate of drug-likeness (QED) is 0.810. The highest BCUT2D eigenvalue weighted by Crippen LogP contribution is 2.30. The fourth-order valence-electron chi connectivity index (χ4n) is 2.42. The number of hydrogen-bond donors (Lipinski definition) is 3. The number of aryl methyl sites for hydroxylation is 1. The van der Waals surface area contributed by atoms with Crippen molar-refractivity contribution < 1.29 is 9.84 Å². The Bertz CT molecular complexity index is 678. The molecule has 1 atom stereocenters. The number of rotatable bonds is 3. The van der Waals surface area contributed by atoms with E-state index in [-0.39, 0.29) is 11.8 Å². The third-order valence-corrected chi connectivity index (χ3v) is 3.61. The molecule has 0 unspecified atom stereocenters. The SMILES string of the molecule is COc1ccc([C@H]2C=C(c3cc(C)ccc3O)NN2)cc1. The minimum absolute atomic E-state index is 0.0609. The van der Waals surface area contributed by atoms with Gasteiger partial charge >= 0.3 is 0 Å². The summed E-state index contributed by atoms with van der Waals surface area (Å²) in [6.07, 6.45) is 2.07. The Kier molecular flexibility index (Phi) is 3.54. The number of ether oxygens (including phenoxy) is 1. The smallest absolute Gasteiger partial charge is 0.124 e. The average molecular weight is 282 g/mol. The highest BCUT2D eigenvalue weighted by Gasteiger charge is 2.19. The van der Waals surface area contributed by atoms with Crippen LogP contribution in [0.5, 0.6) is 11.5 Å². The van der Waals surface area contributed by atoms with E-state index in [9.17, 15) is 5.11 Å². The second kappa shape index (κ2) is 5.50. The van der Waals surface area contributed by atoms with Crippen LogP contribution >= 0.6 is 0 Å². The predicted molar refractivity (Wildman–Crippen MR) is 82.8 cm³/mol. The van der Waals surface area contributed by atoms with E-state index in [4.69, 9.17) is 4.74 Å². The number of aromatic hydroxyl groups is 1. The third-order valence-electron chi connectivity index (χ3n) is 3.61. The minimum atomic E-state index is 0.0609. The van der Waals surface area contributed by atoms with Gasteiger partial charge in [0.15, 0.2) is 0 Å². The van der Waals surface area contributed by atoms with Crippen molar-refractivity contribution in [3.05, 3.63) is 65.2 Å². The van der Waals surface area contributed by atoms with Crippen LogP contribution in [0.3, 0.4) is 0 Å². The van der Waals surface area contributed by atoms with E-state index in [2.05, 4.69) is 16.9 Å². The minimum Gasteiger partial charge on any atom is -0.507 e. The largest absolute Gasteiger partial charge is 0.507 e. The van der Waals surface area contributed by atoms with Crippen molar-refractivity contribution in [2.45, 2.75) is 13.0 Å². The monoisotopic (exact) mass is 282 g/mol. The summed E-state index contributed by atoms with van der Waals surface area (Å²) in [6.45, 7) is 2.01. The molecule has 0 amide bonds.